The van der Waals surface area contributed by atoms with Crippen molar-refractivity contribution in [3.63, 3.8) is 0 Å². The van der Waals surface area contributed by atoms with E-state index in [0.717, 1.165) is 41.9 Å². The van der Waals surface area contributed by atoms with Crippen molar-refractivity contribution in [3.8, 4) is 0 Å². The van der Waals surface area contributed by atoms with Crippen molar-refractivity contribution in [2.24, 2.45) is 0 Å². The molecule has 1 atom stereocenters. The SMILES string of the molecule is O=C(c1ccccc1)N1CCC[C@H](c2cccc(Cc3cccc(F)c3)n2)C1. The number of carbonyl (C=O) groups excluding carboxylic acids is 1. The average molecular weight is 374 g/mol. The molecule has 3 nitrogen and oxygen atoms in total. The first-order valence-electron chi connectivity index (χ1n) is 9.73. The van der Waals surface area contributed by atoms with E-state index in [2.05, 4.69) is 0 Å². The average Bonchev–Trinajstić information content (AvgIpc) is 2.74. The molecule has 1 aromatic heterocycles. The third-order valence-electron chi connectivity index (χ3n) is 5.25. The number of nitrogens with zero attached hydrogens (tertiary/aromatic N) is 2. The molecule has 28 heavy (non-hydrogen) atoms. The number of amides is 1. The van der Waals surface area contributed by atoms with E-state index >= 15 is 0 Å². The van der Waals surface area contributed by atoms with Gasteiger partial charge in [0, 0.05) is 42.4 Å². The molecule has 0 spiro atoms. The summed E-state index contributed by atoms with van der Waals surface area (Å²) >= 11 is 0. The maximum Gasteiger partial charge on any atom is 0.253 e. The molecule has 0 aliphatic carbocycles. The fraction of sp³-hybridized carbons (Fsp3) is 0.250. The van der Waals surface area contributed by atoms with E-state index in [1.807, 2.05) is 59.5 Å². The third-order valence-corrected chi connectivity index (χ3v) is 5.25. The molecule has 2 heterocycles. The Morgan fingerprint density at radius 3 is 2.68 bits per heavy atom. The first-order valence-corrected chi connectivity index (χ1v) is 9.73. The Kier molecular flexibility index (Phi) is 5.47. The summed E-state index contributed by atoms with van der Waals surface area (Å²) < 4.78 is 13.4. The Bertz CT molecular complexity index is 958. The smallest absolute Gasteiger partial charge is 0.253 e. The minimum Gasteiger partial charge on any atom is -0.338 e. The normalized spacial score (nSPS) is 16.8. The maximum absolute atomic E-state index is 13.4. The van der Waals surface area contributed by atoms with Crippen LogP contribution in [-0.4, -0.2) is 28.9 Å². The van der Waals surface area contributed by atoms with E-state index in [9.17, 15) is 9.18 Å². The lowest BCUT2D eigenvalue weighted by molar-refractivity contribution is 0.0706. The number of rotatable bonds is 4. The molecule has 2 aromatic carbocycles. The fourth-order valence-corrected chi connectivity index (χ4v) is 3.85. The quantitative estimate of drug-likeness (QED) is 0.655. The fourth-order valence-electron chi connectivity index (χ4n) is 3.85. The van der Waals surface area contributed by atoms with Gasteiger partial charge < -0.3 is 4.90 Å². The summed E-state index contributed by atoms with van der Waals surface area (Å²) in [4.78, 5) is 19.5. The number of hydrogen-bond acceptors (Lipinski definition) is 2. The summed E-state index contributed by atoms with van der Waals surface area (Å²) in [5, 5.41) is 0. The monoisotopic (exact) mass is 374 g/mol. The maximum atomic E-state index is 13.4. The van der Waals surface area contributed by atoms with Gasteiger partial charge in [-0.2, -0.15) is 0 Å². The molecular formula is C24H23FN2O. The summed E-state index contributed by atoms with van der Waals surface area (Å²) in [5.41, 5.74) is 3.58. The highest BCUT2D eigenvalue weighted by Gasteiger charge is 2.26. The topological polar surface area (TPSA) is 33.2 Å². The molecule has 1 saturated heterocycles. The van der Waals surface area contributed by atoms with Gasteiger partial charge in [-0.15, -0.1) is 0 Å². The van der Waals surface area contributed by atoms with Crippen molar-refractivity contribution in [1.82, 2.24) is 9.88 Å². The number of aromatic nitrogens is 1. The van der Waals surface area contributed by atoms with Crippen LogP contribution in [-0.2, 0) is 6.42 Å². The zero-order valence-electron chi connectivity index (χ0n) is 15.7. The van der Waals surface area contributed by atoms with Gasteiger partial charge in [0.05, 0.1) is 0 Å². The zero-order chi connectivity index (χ0) is 19.3. The number of carbonyl (C=O) groups is 1. The predicted molar refractivity (Wildman–Crippen MR) is 108 cm³/mol. The Morgan fingerprint density at radius 1 is 1.04 bits per heavy atom. The van der Waals surface area contributed by atoms with E-state index in [0.29, 0.717) is 13.0 Å². The summed E-state index contributed by atoms with van der Waals surface area (Å²) in [7, 11) is 0. The van der Waals surface area contributed by atoms with Crippen molar-refractivity contribution in [1.29, 1.82) is 0 Å². The lowest BCUT2D eigenvalue weighted by Crippen LogP contribution is -2.39. The van der Waals surface area contributed by atoms with Crippen LogP contribution < -0.4 is 0 Å². The first-order chi connectivity index (χ1) is 13.7. The molecule has 3 aromatic rings. The van der Waals surface area contributed by atoms with Gasteiger partial charge in [0.1, 0.15) is 5.82 Å². The molecular weight excluding hydrogens is 351 g/mol. The van der Waals surface area contributed by atoms with Gasteiger partial charge in [0.25, 0.3) is 5.91 Å². The van der Waals surface area contributed by atoms with Gasteiger partial charge in [-0.1, -0.05) is 36.4 Å². The van der Waals surface area contributed by atoms with Crippen LogP contribution >= 0.6 is 0 Å². The predicted octanol–water partition coefficient (Wildman–Crippen LogP) is 4.83. The lowest BCUT2D eigenvalue weighted by Gasteiger charge is -2.32. The Balaban J connectivity index is 1.48. The van der Waals surface area contributed by atoms with Crippen molar-refractivity contribution in [3.05, 3.63) is 101 Å². The highest BCUT2D eigenvalue weighted by molar-refractivity contribution is 5.94. The van der Waals surface area contributed by atoms with Crippen molar-refractivity contribution in [2.75, 3.05) is 13.1 Å². The summed E-state index contributed by atoms with van der Waals surface area (Å²) in [6, 6.07) is 22.1. The van der Waals surface area contributed by atoms with Crippen LogP contribution in [0.5, 0.6) is 0 Å². The molecule has 0 radical (unpaired) electrons. The van der Waals surface area contributed by atoms with E-state index in [4.69, 9.17) is 4.98 Å². The molecule has 0 bridgehead atoms. The number of pyridine rings is 1. The second-order valence-corrected chi connectivity index (χ2v) is 7.32. The molecule has 0 saturated carbocycles. The van der Waals surface area contributed by atoms with E-state index in [1.54, 1.807) is 12.1 Å². The second-order valence-electron chi connectivity index (χ2n) is 7.32. The Morgan fingerprint density at radius 2 is 1.86 bits per heavy atom. The number of piperidine rings is 1. The van der Waals surface area contributed by atoms with Crippen molar-refractivity contribution >= 4 is 5.91 Å². The van der Waals surface area contributed by atoms with Crippen LogP contribution in [0.2, 0.25) is 0 Å². The molecule has 1 amide bonds. The van der Waals surface area contributed by atoms with Crippen LogP contribution in [0.15, 0.2) is 72.8 Å². The number of halogens is 1. The van der Waals surface area contributed by atoms with Crippen molar-refractivity contribution in [2.45, 2.75) is 25.2 Å². The minimum atomic E-state index is -0.226. The van der Waals surface area contributed by atoms with Gasteiger partial charge in [0.15, 0.2) is 0 Å². The van der Waals surface area contributed by atoms with E-state index in [1.165, 1.54) is 6.07 Å². The largest absolute Gasteiger partial charge is 0.338 e. The van der Waals surface area contributed by atoms with Crippen LogP contribution in [0.3, 0.4) is 0 Å². The number of hydrogen-bond donors (Lipinski definition) is 0. The minimum absolute atomic E-state index is 0.0845. The molecule has 0 unspecified atom stereocenters. The van der Waals surface area contributed by atoms with Crippen LogP contribution in [0.1, 0.15) is 46.1 Å². The molecule has 1 aliphatic heterocycles. The van der Waals surface area contributed by atoms with Crippen LogP contribution in [0.4, 0.5) is 4.39 Å². The molecule has 142 valence electrons. The third kappa shape index (κ3) is 4.28. The van der Waals surface area contributed by atoms with Crippen molar-refractivity contribution < 1.29 is 9.18 Å². The van der Waals surface area contributed by atoms with E-state index < -0.39 is 0 Å². The highest BCUT2D eigenvalue weighted by atomic mass is 19.1. The molecule has 4 heteroatoms. The van der Waals surface area contributed by atoms with Crippen LogP contribution in [0, 0.1) is 5.82 Å². The summed E-state index contributed by atoms with van der Waals surface area (Å²) in [6.45, 7) is 1.47. The molecule has 4 rings (SSSR count). The van der Waals surface area contributed by atoms with Gasteiger partial charge in [0.2, 0.25) is 0 Å². The van der Waals surface area contributed by atoms with Gasteiger partial charge >= 0.3 is 0 Å². The first kappa shape index (κ1) is 18.4. The molecule has 0 N–H and O–H groups in total. The summed E-state index contributed by atoms with van der Waals surface area (Å²) in [5.74, 6) is 0.0890. The van der Waals surface area contributed by atoms with Gasteiger partial charge in [-0.3, -0.25) is 9.78 Å². The van der Waals surface area contributed by atoms with Gasteiger partial charge in [-0.05, 0) is 54.8 Å². The Labute approximate surface area is 164 Å². The number of benzene rings is 2. The molecule has 1 fully saturated rings. The molecule has 1 aliphatic rings. The highest BCUT2D eigenvalue weighted by Crippen LogP contribution is 2.27. The van der Waals surface area contributed by atoms with Gasteiger partial charge in [-0.25, -0.2) is 4.39 Å². The number of likely N-dealkylation sites (tertiary alicyclic amines) is 1. The van der Waals surface area contributed by atoms with Crippen LogP contribution in [0.25, 0.3) is 0 Å². The lowest BCUT2D eigenvalue weighted by atomic mass is 9.93. The second kappa shape index (κ2) is 8.34. The summed E-state index contributed by atoms with van der Waals surface area (Å²) in [6.07, 6.45) is 2.60. The Hall–Kier alpha value is -3.01. The van der Waals surface area contributed by atoms with E-state index in [-0.39, 0.29) is 17.6 Å². The standard InChI is InChI=1S/C24H23FN2O/c25-21-11-4-7-18(15-21)16-22-12-5-13-23(26-22)20-10-6-14-27(17-20)24(28)19-8-2-1-3-9-19/h1-5,7-9,11-13,15,20H,6,10,14,16-17H2/t20-/m0/s1. The zero-order valence-corrected chi connectivity index (χ0v) is 15.7.